The second-order valence-corrected chi connectivity index (χ2v) is 10.5. The topological polar surface area (TPSA) is 19.4 Å². The van der Waals surface area contributed by atoms with E-state index in [1.54, 1.807) is 0 Å². The number of hydrogen-bond acceptors (Lipinski definition) is 3. The van der Waals surface area contributed by atoms with Gasteiger partial charge in [0.1, 0.15) is 5.82 Å². The molecule has 5 rings (SSSR count). The lowest BCUT2D eigenvalue weighted by atomic mass is 9.86. The third kappa shape index (κ3) is 4.76. The highest BCUT2D eigenvalue weighted by Crippen LogP contribution is 2.38. The van der Waals surface area contributed by atoms with Crippen LogP contribution in [-0.4, -0.2) is 30.0 Å². The highest BCUT2D eigenvalue weighted by atomic mass is 15.2. The Kier molecular flexibility index (Phi) is 7.24. The molecule has 0 bridgehead atoms. The maximum Gasteiger partial charge on any atom is 0.134 e. The van der Waals surface area contributed by atoms with E-state index in [4.69, 9.17) is 4.98 Å². The van der Waals surface area contributed by atoms with Crippen molar-refractivity contribution in [3.05, 3.63) is 81.9 Å². The number of anilines is 1. The van der Waals surface area contributed by atoms with Gasteiger partial charge < -0.3 is 4.90 Å². The van der Waals surface area contributed by atoms with Crippen LogP contribution in [0, 0.1) is 6.92 Å². The number of benzene rings is 2. The molecule has 2 heterocycles. The zero-order valence-electron chi connectivity index (χ0n) is 22.1. The molecule has 3 aromatic rings. The van der Waals surface area contributed by atoms with E-state index < -0.39 is 0 Å². The molecule has 1 aliphatic carbocycles. The molecule has 1 fully saturated rings. The van der Waals surface area contributed by atoms with Crippen LogP contribution >= 0.6 is 0 Å². The maximum absolute atomic E-state index is 5.44. The van der Waals surface area contributed by atoms with Crippen LogP contribution in [0.2, 0.25) is 0 Å². The van der Waals surface area contributed by atoms with Gasteiger partial charge in [-0.3, -0.25) is 4.90 Å². The number of rotatable bonds is 7. The molecule has 3 heteroatoms. The van der Waals surface area contributed by atoms with Gasteiger partial charge in [0.2, 0.25) is 0 Å². The van der Waals surface area contributed by atoms with E-state index in [0.717, 1.165) is 38.2 Å². The minimum absolute atomic E-state index is 0.484. The molecule has 3 nitrogen and oxygen atoms in total. The van der Waals surface area contributed by atoms with Crippen LogP contribution in [0.4, 0.5) is 5.82 Å². The molecule has 0 radical (unpaired) electrons. The summed E-state index contributed by atoms with van der Waals surface area (Å²) in [5.41, 5.74) is 11.2. The van der Waals surface area contributed by atoms with Crippen molar-refractivity contribution in [2.75, 3.05) is 25.0 Å². The number of hydrogen-bond donors (Lipinski definition) is 0. The first-order valence-electron chi connectivity index (χ1n) is 13.7. The highest BCUT2D eigenvalue weighted by Gasteiger charge is 2.27. The van der Waals surface area contributed by atoms with Crippen LogP contribution in [0.15, 0.2) is 48.5 Å². The second-order valence-electron chi connectivity index (χ2n) is 10.5. The summed E-state index contributed by atoms with van der Waals surface area (Å²) in [4.78, 5) is 10.6. The van der Waals surface area contributed by atoms with E-state index in [1.807, 2.05) is 0 Å². The monoisotopic (exact) mass is 467 g/mol. The third-order valence-corrected chi connectivity index (χ3v) is 8.26. The van der Waals surface area contributed by atoms with Gasteiger partial charge in [-0.2, -0.15) is 0 Å². The van der Waals surface area contributed by atoms with Gasteiger partial charge in [0, 0.05) is 36.8 Å². The van der Waals surface area contributed by atoms with Crippen molar-refractivity contribution in [2.24, 2.45) is 0 Å². The minimum Gasteiger partial charge on any atom is -0.356 e. The predicted octanol–water partition coefficient (Wildman–Crippen LogP) is 7.29. The fourth-order valence-corrected chi connectivity index (χ4v) is 6.31. The van der Waals surface area contributed by atoms with E-state index >= 15 is 0 Å². The molecule has 1 aliphatic heterocycles. The van der Waals surface area contributed by atoms with Crippen LogP contribution in [-0.2, 0) is 25.8 Å². The number of pyridine rings is 1. The van der Waals surface area contributed by atoms with Gasteiger partial charge in [0.15, 0.2) is 0 Å². The Labute approximate surface area is 212 Å². The molecule has 0 unspecified atom stereocenters. The van der Waals surface area contributed by atoms with Gasteiger partial charge in [-0.1, -0.05) is 56.3 Å². The first-order chi connectivity index (χ1) is 17.1. The molecule has 0 amide bonds. The van der Waals surface area contributed by atoms with E-state index in [-0.39, 0.29) is 0 Å². The van der Waals surface area contributed by atoms with Crippen molar-refractivity contribution in [1.82, 2.24) is 9.88 Å². The zero-order valence-corrected chi connectivity index (χ0v) is 22.1. The van der Waals surface area contributed by atoms with Crippen LogP contribution in [0.3, 0.4) is 0 Å². The fourth-order valence-electron chi connectivity index (χ4n) is 6.31. The number of aryl methyl sites for hydroxylation is 4. The normalized spacial score (nSPS) is 17.7. The number of nitrogens with zero attached hydrogens (tertiary/aromatic N) is 3. The lowest BCUT2D eigenvalue weighted by Crippen LogP contribution is -2.29. The van der Waals surface area contributed by atoms with Gasteiger partial charge in [0.05, 0.1) is 5.69 Å². The van der Waals surface area contributed by atoms with E-state index in [0.29, 0.717) is 6.04 Å². The number of fused-ring (bicyclic) bond motifs is 1. The zero-order chi connectivity index (χ0) is 24.4. The van der Waals surface area contributed by atoms with E-state index in [1.165, 1.54) is 76.9 Å². The largest absolute Gasteiger partial charge is 0.356 e. The number of aromatic nitrogens is 1. The van der Waals surface area contributed by atoms with Crippen LogP contribution in [0.5, 0.6) is 0 Å². The average molecular weight is 468 g/mol. The summed E-state index contributed by atoms with van der Waals surface area (Å²) < 4.78 is 0. The van der Waals surface area contributed by atoms with Crippen molar-refractivity contribution in [3.63, 3.8) is 0 Å². The first kappa shape index (κ1) is 24.1. The summed E-state index contributed by atoms with van der Waals surface area (Å²) >= 11 is 0. The summed E-state index contributed by atoms with van der Waals surface area (Å²) in [6.07, 6.45) is 8.33. The Morgan fingerprint density at radius 2 is 1.66 bits per heavy atom. The van der Waals surface area contributed by atoms with Crippen LogP contribution < -0.4 is 4.90 Å². The molecule has 1 aromatic heterocycles. The fraction of sp³-hybridized carbons (Fsp3) is 0.469. The summed E-state index contributed by atoms with van der Waals surface area (Å²) in [5, 5.41) is 0. The standard InChI is InChI=1S/C32H41N3/c1-5-24-14-11-15-25(6-2)31(24)29-21-23(3)28(32(33-29)35-19-9-10-20-35)22-34(4)30-18-12-16-26-13-7-8-17-27(26)30/h7-8,11,13-15,17,21,30H,5-6,9-10,12,16,18-20,22H2,1-4H3/t30-/m0/s1. The minimum atomic E-state index is 0.484. The molecule has 0 spiro atoms. The molecular weight excluding hydrogens is 426 g/mol. The Hall–Kier alpha value is -2.65. The Balaban J connectivity index is 1.55. The van der Waals surface area contributed by atoms with Crippen LogP contribution in [0.25, 0.3) is 11.3 Å². The van der Waals surface area contributed by atoms with Gasteiger partial charge in [-0.25, -0.2) is 4.98 Å². The molecule has 0 N–H and O–H groups in total. The molecular formula is C32H41N3. The predicted molar refractivity (Wildman–Crippen MR) is 148 cm³/mol. The summed E-state index contributed by atoms with van der Waals surface area (Å²) in [5.74, 6) is 1.22. The van der Waals surface area contributed by atoms with Crippen molar-refractivity contribution in [1.29, 1.82) is 0 Å². The maximum atomic E-state index is 5.44. The lowest BCUT2D eigenvalue weighted by molar-refractivity contribution is 0.213. The molecule has 184 valence electrons. The summed E-state index contributed by atoms with van der Waals surface area (Å²) in [7, 11) is 2.31. The Morgan fingerprint density at radius 3 is 2.37 bits per heavy atom. The van der Waals surface area contributed by atoms with Crippen LogP contribution in [0.1, 0.15) is 79.0 Å². The molecule has 1 atom stereocenters. The van der Waals surface area contributed by atoms with E-state index in [2.05, 4.69) is 86.1 Å². The van der Waals surface area contributed by atoms with Gasteiger partial charge >= 0.3 is 0 Å². The quantitative estimate of drug-likeness (QED) is 0.364. The van der Waals surface area contributed by atoms with Crippen molar-refractivity contribution in [3.8, 4) is 11.3 Å². The lowest BCUT2D eigenvalue weighted by Gasteiger charge is -2.34. The first-order valence-corrected chi connectivity index (χ1v) is 13.7. The highest BCUT2D eigenvalue weighted by molar-refractivity contribution is 5.72. The molecule has 0 saturated carbocycles. The molecule has 2 aromatic carbocycles. The Morgan fingerprint density at radius 1 is 0.943 bits per heavy atom. The van der Waals surface area contributed by atoms with Crippen molar-refractivity contribution < 1.29 is 0 Å². The second kappa shape index (κ2) is 10.5. The van der Waals surface area contributed by atoms with Gasteiger partial charge in [-0.15, -0.1) is 0 Å². The van der Waals surface area contributed by atoms with E-state index in [9.17, 15) is 0 Å². The van der Waals surface area contributed by atoms with Crippen molar-refractivity contribution in [2.45, 2.75) is 78.3 Å². The van der Waals surface area contributed by atoms with Gasteiger partial charge in [-0.05, 0) is 92.8 Å². The smallest absolute Gasteiger partial charge is 0.134 e. The Bertz CT molecular complexity index is 1150. The van der Waals surface area contributed by atoms with Crippen molar-refractivity contribution >= 4 is 5.82 Å². The summed E-state index contributed by atoms with van der Waals surface area (Å²) in [6.45, 7) is 10.0. The average Bonchev–Trinajstić information content (AvgIpc) is 3.43. The SMILES string of the molecule is CCc1cccc(CC)c1-c1cc(C)c(CN(C)[C@H]2CCCc3ccccc32)c(N2CCCC2)n1. The van der Waals surface area contributed by atoms with Gasteiger partial charge in [0.25, 0.3) is 0 Å². The molecule has 35 heavy (non-hydrogen) atoms. The molecule has 2 aliphatic rings. The third-order valence-electron chi connectivity index (χ3n) is 8.26. The summed E-state index contributed by atoms with van der Waals surface area (Å²) in [6, 6.07) is 18.7. The molecule has 1 saturated heterocycles.